The van der Waals surface area contributed by atoms with E-state index in [1.807, 2.05) is 0 Å². The van der Waals surface area contributed by atoms with Gasteiger partial charge in [0.2, 0.25) is 0 Å². The predicted octanol–water partition coefficient (Wildman–Crippen LogP) is 5.01. The van der Waals surface area contributed by atoms with Gasteiger partial charge in [0.25, 0.3) is 0 Å². The van der Waals surface area contributed by atoms with E-state index in [1.54, 1.807) is 0 Å². The smallest absolute Gasteiger partial charge is 0.496 e. The lowest BCUT2D eigenvalue weighted by molar-refractivity contribution is -0.452. The van der Waals surface area contributed by atoms with Crippen molar-refractivity contribution in [2.75, 3.05) is 27.9 Å². The maximum absolute atomic E-state index is 12.1. The molecule has 0 N–H and O–H groups in total. The molecule has 1 rings (SSSR count). The van der Waals surface area contributed by atoms with Crippen molar-refractivity contribution in [3.63, 3.8) is 0 Å². The maximum Gasteiger partial charge on any atom is 0.543 e. The molecule has 9 nitrogen and oxygen atoms in total. The molecule has 0 aromatic heterocycles. The molecule has 0 amide bonds. The Kier molecular flexibility index (Phi) is 12.8. The van der Waals surface area contributed by atoms with Crippen molar-refractivity contribution in [3.8, 4) is 17.2 Å². The van der Waals surface area contributed by atoms with Gasteiger partial charge < -0.3 is 18.9 Å². The van der Waals surface area contributed by atoms with Crippen LogP contribution in [0.1, 0.15) is 68.6 Å². The lowest BCUT2D eigenvalue weighted by Gasteiger charge is -2.12. The van der Waals surface area contributed by atoms with Crippen LogP contribution in [0.15, 0.2) is 12.1 Å². The first-order chi connectivity index (χ1) is 14.6. The van der Waals surface area contributed by atoms with Crippen molar-refractivity contribution in [2.24, 2.45) is 0 Å². The van der Waals surface area contributed by atoms with Gasteiger partial charge in [-0.25, -0.2) is 14.5 Å². The largest absolute Gasteiger partial charge is 0.543 e. The molecule has 0 heterocycles. The van der Waals surface area contributed by atoms with Crippen LogP contribution in [0.25, 0.3) is 0 Å². The second-order valence-electron chi connectivity index (χ2n) is 6.50. The average molecular weight is 428 g/mol. The molecule has 0 saturated heterocycles. The monoisotopic (exact) mass is 428 g/mol. The normalized spacial score (nSPS) is 10.3. The SMILES string of the molecule is CCCCCCCCCCOC(=O)OOOC(=O)c1cc(OC)c(OC)cc1OC. The average Bonchev–Trinajstić information content (AvgIpc) is 2.76. The van der Waals surface area contributed by atoms with Gasteiger partial charge in [-0.1, -0.05) is 51.9 Å². The van der Waals surface area contributed by atoms with Crippen molar-refractivity contribution in [2.45, 2.75) is 58.3 Å². The molecule has 0 spiro atoms. The zero-order valence-electron chi connectivity index (χ0n) is 18.2. The van der Waals surface area contributed by atoms with Crippen LogP contribution in [0.3, 0.4) is 0 Å². The molecule has 0 radical (unpaired) electrons. The molecule has 0 fully saturated rings. The molecule has 170 valence electrons. The quantitative estimate of drug-likeness (QED) is 0.165. The first kappa shape index (κ1) is 25.4. The molecule has 0 atom stereocenters. The number of benzene rings is 1. The van der Waals surface area contributed by atoms with Crippen molar-refractivity contribution >= 4 is 12.1 Å². The van der Waals surface area contributed by atoms with Gasteiger partial charge in [0.15, 0.2) is 11.5 Å². The summed E-state index contributed by atoms with van der Waals surface area (Å²) in [6, 6.07) is 2.80. The minimum Gasteiger partial charge on any atom is -0.496 e. The number of carbonyl (C=O) groups is 2. The third-order valence-electron chi connectivity index (χ3n) is 4.36. The molecule has 30 heavy (non-hydrogen) atoms. The van der Waals surface area contributed by atoms with E-state index < -0.39 is 12.1 Å². The summed E-state index contributed by atoms with van der Waals surface area (Å²) in [6.07, 6.45) is 7.90. The number of unbranched alkanes of at least 4 members (excludes halogenated alkanes) is 7. The maximum atomic E-state index is 12.1. The van der Waals surface area contributed by atoms with Gasteiger partial charge in [-0.15, -0.1) is 0 Å². The summed E-state index contributed by atoms with van der Waals surface area (Å²) in [6.45, 7) is 2.39. The lowest BCUT2D eigenvalue weighted by Crippen LogP contribution is -2.13. The molecule has 1 aromatic carbocycles. The Labute approximate surface area is 177 Å². The minimum absolute atomic E-state index is 0.00828. The number of methoxy groups -OCH3 is 3. The first-order valence-electron chi connectivity index (χ1n) is 10.1. The van der Waals surface area contributed by atoms with Gasteiger partial charge in [-0.05, 0) is 6.42 Å². The summed E-state index contributed by atoms with van der Waals surface area (Å²) in [5.74, 6) is -0.134. The fourth-order valence-electron chi connectivity index (χ4n) is 2.72. The Morgan fingerprint density at radius 2 is 1.30 bits per heavy atom. The van der Waals surface area contributed by atoms with E-state index in [4.69, 9.17) is 18.9 Å². The molecule has 0 aliphatic rings. The molecule has 1 aromatic rings. The van der Waals surface area contributed by atoms with E-state index in [0.29, 0.717) is 5.75 Å². The number of hydrogen-bond acceptors (Lipinski definition) is 9. The fourth-order valence-corrected chi connectivity index (χ4v) is 2.72. The number of hydrogen-bond donors (Lipinski definition) is 0. The fraction of sp³-hybridized carbons (Fsp3) is 0.619. The second kappa shape index (κ2) is 15.2. The van der Waals surface area contributed by atoms with Gasteiger partial charge >= 0.3 is 12.1 Å². The third-order valence-corrected chi connectivity index (χ3v) is 4.36. The third kappa shape index (κ3) is 9.21. The van der Waals surface area contributed by atoms with Gasteiger partial charge in [0.1, 0.15) is 11.3 Å². The van der Waals surface area contributed by atoms with E-state index in [1.165, 1.54) is 65.6 Å². The van der Waals surface area contributed by atoms with Crippen molar-refractivity contribution in [1.29, 1.82) is 0 Å². The van der Waals surface area contributed by atoms with Crippen LogP contribution < -0.4 is 14.2 Å². The van der Waals surface area contributed by atoms with Crippen LogP contribution in [0.2, 0.25) is 0 Å². The number of rotatable bonds is 15. The highest BCUT2D eigenvalue weighted by Crippen LogP contribution is 2.34. The molecule has 0 saturated carbocycles. The highest BCUT2D eigenvalue weighted by Gasteiger charge is 2.21. The minimum atomic E-state index is -1.09. The van der Waals surface area contributed by atoms with Crippen molar-refractivity contribution < 1.29 is 43.3 Å². The summed E-state index contributed by atoms with van der Waals surface area (Å²) >= 11 is 0. The van der Waals surface area contributed by atoms with E-state index in [-0.39, 0.29) is 23.7 Å². The molecular formula is C21H32O9. The Morgan fingerprint density at radius 3 is 1.90 bits per heavy atom. The lowest BCUT2D eigenvalue weighted by atomic mass is 10.1. The topological polar surface area (TPSA) is 98.8 Å². The van der Waals surface area contributed by atoms with E-state index in [9.17, 15) is 9.59 Å². The highest BCUT2D eigenvalue weighted by molar-refractivity contribution is 5.93. The van der Waals surface area contributed by atoms with Gasteiger partial charge in [0, 0.05) is 12.1 Å². The predicted molar refractivity (Wildman–Crippen MR) is 108 cm³/mol. The summed E-state index contributed by atoms with van der Waals surface area (Å²) in [5, 5.41) is 4.22. The Bertz CT molecular complexity index is 646. The van der Waals surface area contributed by atoms with Gasteiger partial charge in [0.05, 0.1) is 33.0 Å². The Morgan fingerprint density at radius 1 is 0.733 bits per heavy atom. The van der Waals surface area contributed by atoms with Crippen LogP contribution in [-0.2, 0) is 19.6 Å². The number of carbonyl (C=O) groups excluding carboxylic acids is 2. The summed E-state index contributed by atoms with van der Waals surface area (Å²) in [4.78, 5) is 32.3. The molecule has 0 bridgehead atoms. The van der Waals surface area contributed by atoms with Crippen LogP contribution >= 0.6 is 0 Å². The van der Waals surface area contributed by atoms with Crippen LogP contribution in [0, 0.1) is 0 Å². The first-order valence-corrected chi connectivity index (χ1v) is 10.1. The Hall–Kier alpha value is -2.68. The summed E-state index contributed by atoms with van der Waals surface area (Å²) in [7, 11) is 4.24. The zero-order valence-corrected chi connectivity index (χ0v) is 18.2. The Balaban J connectivity index is 2.28. The molecule has 0 aliphatic heterocycles. The second-order valence-corrected chi connectivity index (χ2v) is 6.50. The van der Waals surface area contributed by atoms with E-state index >= 15 is 0 Å². The molecule has 0 unspecified atom stereocenters. The van der Waals surface area contributed by atoms with Gasteiger partial charge in [-0.2, -0.15) is 0 Å². The van der Waals surface area contributed by atoms with Crippen molar-refractivity contribution in [3.05, 3.63) is 17.7 Å². The number of ether oxygens (including phenoxy) is 4. The van der Waals surface area contributed by atoms with Crippen LogP contribution in [-0.4, -0.2) is 40.1 Å². The van der Waals surface area contributed by atoms with E-state index in [2.05, 4.69) is 21.7 Å². The summed E-state index contributed by atoms with van der Waals surface area (Å²) in [5.41, 5.74) is -0.00828. The molecule has 9 heteroatoms. The highest BCUT2D eigenvalue weighted by atomic mass is 17.5. The standard InChI is InChI=1S/C21H32O9/c1-5-6-7-8-9-10-11-12-13-27-21(23)29-30-28-20(22)16-14-18(25-3)19(26-4)15-17(16)24-2/h14-15H,5-13H2,1-4H3. The molecular weight excluding hydrogens is 396 g/mol. The van der Waals surface area contributed by atoms with Gasteiger partial charge in [-0.3, -0.25) is 4.89 Å². The molecule has 0 aliphatic carbocycles. The zero-order chi connectivity index (χ0) is 22.2. The van der Waals surface area contributed by atoms with Crippen LogP contribution in [0.5, 0.6) is 17.2 Å². The van der Waals surface area contributed by atoms with Crippen molar-refractivity contribution in [1.82, 2.24) is 0 Å². The van der Waals surface area contributed by atoms with Crippen LogP contribution in [0.4, 0.5) is 4.79 Å². The van der Waals surface area contributed by atoms with E-state index in [0.717, 1.165) is 19.3 Å². The summed E-state index contributed by atoms with van der Waals surface area (Å²) < 4.78 is 20.2.